The van der Waals surface area contributed by atoms with Gasteiger partial charge in [-0.25, -0.2) is 14.8 Å². The normalized spacial score (nSPS) is 11.1. The number of rotatable bonds is 5. The van der Waals surface area contributed by atoms with E-state index in [0.29, 0.717) is 22.5 Å². The fourth-order valence-corrected chi connectivity index (χ4v) is 2.46. The molecule has 3 aromatic rings. The molecule has 2 aromatic carbocycles. The van der Waals surface area contributed by atoms with Crippen LogP contribution in [0.25, 0.3) is 11.3 Å². The molecule has 0 saturated heterocycles. The summed E-state index contributed by atoms with van der Waals surface area (Å²) < 4.78 is 41.3. The fourth-order valence-electron chi connectivity index (χ4n) is 2.46. The maximum absolute atomic E-state index is 12.4. The van der Waals surface area contributed by atoms with E-state index in [-0.39, 0.29) is 17.3 Å². The van der Waals surface area contributed by atoms with Crippen LogP contribution in [0.5, 0.6) is 5.75 Å². The van der Waals surface area contributed by atoms with Crippen molar-refractivity contribution in [2.75, 3.05) is 5.32 Å². The van der Waals surface area contributed by atoms with Crippen molar-refractivity contribution in [2.45, 2.75) is 13.3 Å². The van der Waals surface area contributed by atoms with Gasteiger partial charge in [0.05, 0.1) is 11.3 Å². The zero-order valence-corrected chi connectivity index (χ0v) is 14.5. The molecule has 0 fully saturated rings. The average Bonchev–Trinajstić information content (AvgIpc) is 2.62. The quantitative estimate of drug-likeness (QED) is 0.653. The first kappa shape index (κ1) is 19.2. The molecular formula is C19H14F3N3O3. The first-order valence-corrected chi connectivity index (χ1v) is 8.01. The van der Waals surface area contributed by atoms with Crippen LogP contribution in [0.1, 0.15) is 15.9 Å². The Labute approximate surface area is 157 Å². The van der Waals surface area contributed by atoms with Gasteiger partial charge in [-0.2, -0.15) is 0 Å². The van der Waals surface area contributed by atoms with Gasteiger partial charge in [0.25, 0.3) is 0 Å². The monoisotopic (exact) mass is 389 g/mol. The zero-order valence-electron chi connectivity index (χ0n) is 14.5. The van der Waals surface area contributed by atoms with Crippen molar-refractivity contribution in [3.63, 3.8) is 0 Å². The molecule has 0 aliphatic heterocycles. The highest BCUT2D eigenvalue weighted by atomic mass is 19.4. The standard InChI is InChI=1S/C19H14F3N3O3/c1-11-10-23-18(24-14-7-5-12(6-8-14)17(26)27)25-16(11)13-3-2-4-15(9-13)28-19(20,21)22/h2-10H,1H3,(H,26,27)(H,23,24,25). The predicted molar refractivity (Wildman–Crippen MR) is 95.6 cm³/mol. The Morgan fingerprint density at radius 2 is 1.86 bits per heavy atom. The molecule has 0 radical (unpaired) electrons. The third-order valence-electron chi connectivity index (χ3n) is 3.70. The summed E-state index contributed by atoms with van der Waals surface area (Å²) in [5, 5.41) is 11.9. The van der Waals surface area contributed by atoms with E-state index in [1.807, 2.05) is 0 Å². The number of anilines is 2. The van der Waals surface area contributed by atoms with Gasteiger partial charge in [-0.05, 0) is 48.9 Å². The SMILES string of the molecule is Cc1cnc(Nc2ccc(C(=O)O)cc2)nc1-c1cccc(OC(F)(F)F)c1. The summed E-state index contributed by atoms with van der Waals surface area (Å²) in [5.74, 6) is -1.17. The van der Waals surface area contributed by atoms with Gasteiger partial charge < -0.3 is 15.2 Å². The lowest BCUT2D eigenvalue weighted by Gasteiger charge is -2.12. The third kappa shape index (κ3) is 4.76. The van der Waals surface area contributed by atoms with Gasteiger partial charge >= 0.3 is 12.3 Å². The molecule has 0 unspecified atom stereocenters. The molecular weight excluding hydrogens is 375 g/mol. The number of benzene rings is 2. The Balaban J connectivity index is 1.87. The lowest BCUT2D eigenvalue weighted by molar-refractivity contribution is -0.274. The van der Waals surface area contributed by atoms with E-state index in [4.69, 9.17) is 5.11 Å². The molecule has 0 bridgehead atoms. The lowest BCUT2D eigenvalue weighted by Crippen LogP contribution is -2.17. The van der Waals surface area contributed by atoms with Crippen LogP contribution < -0.4 is 10.1 Å². The highest BCUT2D eigenvalue weighted by Crippen LogP contribution is 2.29. The maximum atomic E-state index is 12.4. The van der Waals surface area contributed by atoms with Crippen molar-refractivity contribution < 1.29 is 27.8 Å². The Kier molecular flexibility index (Phi) is 5.16. The molecule has 0 aliphatic carbocycles. The predicted octanol–water partition coefficient (Wildman–Crippen LogP) is 4.79. The van der Waals surface area contributed by atoms with E-state index in [0.717, 1.165) is 0 Å². The highest BCUT2D eigenvalue weighted by molar-refractivity contribution is 5.88. The van der Waals surface area contributed by atoms with E-state index in [9.17, 15) is 18.0 Å². The van der Waals surface area contributed by atoms with E-state index < -0.39 is 12.3 Å². The number of carboxylic acid groups (broad SMARTS) is 1. The third-order valence-corrected chi connectivity index (χ3v) is 3.70. The minimum Gasteiger partial charge on any atom is -0.478 e. The summed E-state index contributed by atoms with van der Waals surface area (Å²) in [4.78, 5) is 19.4. The summed E-state index contributed by atoms with van der Waals surface area (Å²) >= 11 is 0. The number of nitrogens with zero attached hydrogens (tertiary/aromatic N) is 2. The Morgan fingerprint density at radius 1 is 1.14 bits per heavy atom. The lowest BCUT2D eigenvalue weighted by atomic mass is 10.1. The van der Waals surface area contributed by atoms with Crippen molar-refractivity contribution in [3.05, 3.63) is 65.9 Å². The Bertz CT molecular complexity index is 1010. The molecule has 3 rings (SSSR count). The van der Waals surface area contributed by atoms with Crippen molar-refractivity contribution in [1.29, 1.82) is 0 Å². The van der Waals surface area contributed by atoms with Crippen molar-refractivity contribution in [2.24, 2.45) is 0 Å². The zero-order chi connectivity index (χ0) is 20.3. The van der Waals surface area contributed by atoms with Crippen LogP contribution in [0.4, 0.5) is 24.8 Å². The molecule has 0 amide bonds. The molecule has 0 saturated carbocycles. The van der Waals surface area contributed by atoms with Gasteiger partial charge in [-0.15, -0.1) is 13.2 Å². The molecule has 0 aliphatic rings. The number of carboxylic acids is 1. The smallest absolute Gasteiger partial charge is 0.478 e. The van der Waals surface area contributed by atoms with E-state index in [1.165, 1.54) is 36.5 Å². The van der Waals surface area contributed by atoms with Gasteiger partial charge in [-0.3, -0.25) is 0 Å². The number of aromatic carboxylic acids is 1. The number of nitrogens with one attached hydrogen (secondary N) is 1. The number of hydrogen-bond donors (Lipinski definition) is 2. The minimum atomic E-state index is -4.78. The van der Waals surface area contributed by atoms with Crippen LogP contribution in [-0.2, 0) is 0 Å². The van der Waals surface area contributed by atoms with Crippen LogP contribution in [0.2, 0.25) is 0 Å². The molecule has 28 heavy (non-hydrogen) atoms. The number of carbonyl (C=O) groups is 1. The van der Waals surface area contributed by atoms with Crippen molar-refractivity contribution in [3.8, 4) is 17.0 Å². The van der Waals surface area contributed by atoms with Crippen LogP contribution in [-0.4, -0.2) is 27.4 Å². The Morgan fingerprint density at radius 3 is 2.50 bits per heavy atom. The first-order chi connectivity index (χ1) is 13.2. The molecule has 0 atom stereocenters. The average molecular weight is 389 g/mol. The fraction of sp³-hybridized carbons (Fsp3) is 0.105. The van der Waals surface area contributed by atoms with Gasteiger partial charge in [-0.1, -0.05) is 12.1 Å². The molecule has 0 spiro atoms. The number of halogens is 3. The number of aromatic nitrogens is 2. The molecule has 9 heteroatoms. The number of ether oxygens (including phenoxy) is 1. The maximum Gasteiger partial charge on any atom is 0.573 e. The molecule has 6 nitrogen and oxygen atoms in total. The largest absolute Gasteiger partial charge is 0.573 e. The number of aryl methyl sites for hydroxylation is 1. The first-order valence-electron chi connectivity index (χ1n) is 8.01. The second-order valence-corrected chi connectivity index (χ2v) is 5.81. The summed E-state index contributed by atoms with van der Waals surface area (Å²) in [6.07, 6.45) is -3.25. The second-order valence-electron chi connectivity index (χ2n) is 5.81. The summed E-state index contributed by atoms with van der Waals surface area (Å²) in [7, 11) is 0. The second kappa shape index (κ2) is 7.55. The topological polar surface area (TPSA) is 84.3 Å². The number of hydrogen-bond acceptors (Lipinski definition) is 5. The summed E-state index contributed by atoms with van der Waals surface area (Å²) in [5.41, 5.74) is 2.24. The Hall–Kier alpha value is -3.62. The number of alkyl halides is 3. The van der Waals surface area contributed by atoms with E-state index in [2.05, 4.69) is 20.0 Å². The molecule has 1 heterocycles. The van der Waals surface area contributed by atoms with Crippen LogP contribution >= 0.6 is 0 Å². The molecule has 144 valence electrons. The van der Waals surface area contributed by atoms with Crippen LogP contribution in [0.15, 0.2) is 54.7 Å². The van der Waals surface area contributed by atoms with Crippen molar-refractivity contribution >= 4 is 17.6 Å². The van der Waals surface area contributed by atoms with Crippen LogP contribution in [0, 0.1) is 6.92 Å². The van der Waals surface area contributed by atoms with E-state index >= 15 is 0 Å². The van der Waals surface area contributed by atoms with Gasteiger partial charge in [0.15, 0.2) is 0 Å². The van der Waals surface area contributed by atoms with Crippen LogP contribution in [0.3, 0.4) is 0 Å². The van der Waals surface area contributed by atoms with Gasteiger partial charge in [0.1, 0.15) is 5.75 Å². The minimum absolute atomic E-state index is 0.137. The summed E-state index contributed by atoms with van der Waals surface area (Å²) in [6, 6.07) is 11.5. The van der Waals surface area contributed by atoms with E-state index in [1.54, 1.807) is 25.1 Å². The van der Waals surface area contributed by atoms with Gasteiger partial charge in [0, 0.05) is 17.4 Å². The highest BCUT2D eigenvalue weighted by Gasteiger charge is 2.31. The molecule has 1 aromatic heterocycles. The van der Waals surface area contributed by atoms with Gasteiger partial charge in [0.2, 0.25) is 5.95 Å². The van der Waals surface area contributed by atoms with Crippen molar-refractivity contribution in [1.82, 2.24) is 9.97 Å². The summed E-state index contributed by atoms with van der Waals surface area (Å²) in [6.45, 7) is 1.73. The molecule has 2 N–H and O–H groups in total.